The van der Waals surface area contributed by atoms with Crippen LogP contribution >= 0.6 is 0 Å². The monoisotopic (exact) mass is 185 g/mol. The molecule has 3 aromatic rings. The predicted molar refractivity (Wildman–Crippen MR) is 57.4 cm³/mol. The summed E-state index contributed by atoms with van der Waals surface area (Å²) in [6.45, 7) is 2.07. The van der Waals surface area contributed by atoms with E-state index < -0.39 is 0 Å². The van der Waals surface area contributed by atoms with E-state index in [0.717, 1.165) is 11.2 Å². The van der Waals surface area contributed by atoms with Crippen molar-refractivity contribution in [2.45, 2.75) is 6.92 Å². The summed E-state index contributed by atoms with van der Waals surface area (Å²) < 4.78 is 7.88. The van der Waals surface area contributed by atoms with Gasteiger partial charge in [0.1, 0.15) is 5.58 Å². The van der Waals surface area contributed by atoms with Crippen molar-refractivity contribution in [2.24, 2.45) is 7.05 Å². The molecule has 0 fully saturated rings. The molecular weight excluding hydrogens is 174 g/mol. The molecular formula is C12H11NO. The van der Waals surface area contributed by atoms with Crippen molar-refractivity contribution < 1.29 is 4.42 Å². The van der Waals surface area contributed by atoms with E-state index in [9.17, 15) is 0 Å². The number of hydrogen-bond donors (Lipinski definition) is 0. The minimum absolute atomic E-state index is 0.973. The molecule has 0 unspecified atom stereocenters. The summed E-state index contributed by atoms with van der Waals surface area (Å²) >= 11 is 0. The first-order chi connectivity index (χ1) is 6.77. The highest BCUT2D eigenvalue weighted by Gasteiger charge is 2.10. The number of furan rings is 1. The normalized spacial score (nSPS) is 11.6. The van der Waals surface area contributed by atoms with Gasteiger partial charge in [-0.3, -0.25) is 0 Å². The van der Waals surface area contributed by atoms with Crippen LogP contribution in [0.4, 0.5) is 0 Å². The number of hydrogen-bond acceptors (Lipinski definition) is 1. The van der Waals surface area contributed by atoms with E-state index >= 15 is 0 Å². The zero-order valence-corrected chi connectivity index (χ0v) is 8.24. The Morgan fingerprint density at radius 2 is 1.93 bits per heavy atom. The highest BCUT2D eigenvalue weighted by Crippen LogP contribution is 2.31. The lowest BCUT2D eigenvalue weighted by Crippen LogP contribution is -1.86. The summed E-state index contributed by atoms with van der Waals surface area (Å²) in [5.74, 6) is 0. The molecule has 1 aromatic carbocycles. The molecule has 0 bridgehead atoms. The highest BCUT2D eigenvalue weighted by molar-refractivity contribution is 6.05. The van der Waals surface area contributed by atoms with E-state index in [1.165, 1.54) is 16.5 Å². The summed E-state index contributed by atoms with van der Waals surface area (Å²) in [6, 6.07) is 8.15. The number of para-hydroxylation sites is 1. The third-order valence-electron chi connectivity index (χ3n) is 2.81. The average Bonchev–Trinajstić information content (AvgIpc) is 2.67. The van der Waals surface area contributed by atoms with Crippen molar-refractivity contribution >= 4 is 21.9 Å². The lowest BCUT2D eigenvalue weighted by atomic mass is 10.2. The van der Waals surface area contributed by atoms with Crippen LogP contribution in [0.15, 0.2) is 34.9 Å². The lowest BCUT2D eigenvalue weighted by molar-refractivity contribution is 0.660. The number of aromatic nitrogens is 1. The van der Waals surface area contributed by atoms with Crippen molar-refractivity contribution in [3.8, 4) is 0 Å². The van der Waals surface area contributed by atoms with Crippen molar-refractivity contribution in [3.05, 3.63) is 36.2 Å². The maximum Gasteiger partial charge on any atom is 0.155 e. The van der Waals surface area contributed by atoms with Crippen LogP contribution in [-0.2, 0) is 7.05 Å². The van der Waals surface area contributed by atoms with Gasteiger partial charge in [0.25, 0.3) is 0 Å². The Balaban J connectivity index is 2.60. The summed E-state index contributed by atoms with van der Waals surface area (Å²) in [5, 5.41) is 2.41. The van der Waals surface area contributed by atoms with Crippen molar-refractivity contribution in [2.75, 3.05) is 0 Å². The van der Waals surface area contributed by atoms with Gasteiger partial charge in [0.05, 0.1) is 5.69 Å². The fourth-order valence-electron chi connectivity index (χ4n) is 1.91. The third kappa shape index (κ3) is 0.803. The number of fused-ring (bicyclic) bond motifs is 3. The summed E-state index contributed by atoms with van der Waals surface area (Å²) in [6.07, 6.45) is 2.12. The van der Waals surface area contributed by atoms with Crippen LogP contribution in [0.5, 0.6) is 0 Å². The van der Waals surface area contributed by atoms with Gasteiger partial charge in [-0.1, -0.05) is 18.2 Å². The minimum Gasteiger partial charge on any atom is -0.454 e. The standard InChI is InChI=1S/C12H11NO/c1-8-12-10(7-13(8)2)9-5-3-4-6-11(9)14-12/h3-7H,1-2H3. The molecule has 0 aliphatic heterocycles. The van der Waals surface area contributed by atoms with Crippen molar-refractivity contribution in [1.29, 1.82) is 0 Å². The second-order valence-corrected chi connectivity index (χ2v) is 3.67. The summed E-state index contributed by atoms with van der Waals surface area (Å²) in [5.41, 5.74) is 3.16. The van der Waals surface area contributed by atoms with Gasteiger partial charge in [-0.2, -0.15) is 0 Å². The fraction of sp³-hybridized carbons (Fsp3) is 0.167. The van der Waals surface area contributed by atoms with Gasteiger partial charge < -0.3 is 8.98 Å². The van der Waals surface area contributed by atoms with Crippen molar-refractivity contribution in [3.63, 3.8) is 0 Å². The Labute approximate surface area is 81.7 Å². The van der Waals surface area contributed by atoms with E-state index in [2.05, 4.69) is 23.8 Å². The quantitative estimate of drug-likeness (QED) is 0.525. The van der Waals surface area contributed by atoms with Crippen LogP contribution in [0, 0.1) is 6.92 Å². The lowest BCUT2D eigenvalue weighted by Gasteiger charge is -1.93. The van der Waals surface area contributed by atoms with Crippen LogP contribution in [0.25, 0.3) is 21.9 Å². The van der Waals surface area contributed by atoms with Crippen molar-refractivity contribution in [1.82, 2.24) is 4.57 Å². The molecule has 0 aliphatic carbocycles. The van der Waals surface area contributed by atoms with E-state index in [1.54, 1.807) is 0 Å². The van der Waals surface area contributed by atoms with Crippen LogP contribution in [-0.4, -0.2) is 4.57 Å². The Kier molecular flexibility index (Phi) is 1.32. The molecule has 3 rings (SSSR count). The summed E-state index contributed by atoms with van der Waals surface area (Å²) in [4.78, 5) is 0. The molecule has 2 heteroatoms. The Bertz CT molecular complexity index is 616. The molecule has 0 amide bonds. The molecule has 2 heterocycles. The second-order valence-electron chi connectivity index (χ2n) is 3.67. The Morgan fingerprint density at radius 1 is 1.14 bits per heavy atom. The molecule has 0 aliphatic rings. The van der Waals surface area contributed by atoms with Gasteiger partial charge in [0.15, 0.2) is 5.58 Å². The molecule has 2 nitrogen and oxygen atoms in total. The minimum atomic E-state index is 0.973. The zero-order valence-electron chi connectivity index (χ0n) is 8.24. The van der Waals surface area contributed by atoms with E-state index in [0.29, 0.717) is 0 Å². The first kappa shape index (κ1) is 7.68. The SMILES string of the molecule is Cc1c2oc3ccccc3c2cn1C. The number of benzene rings is 1. The van der Waals surface area contributed by atoms with E-state index in [4.69, 9.17) is 4.42 Å². The average molecular weight is 185 g/mol. The van der Waals surface area contributed by atoms with Gasteiger partial charge in [0.2, 0.25) is 0 Å². The molecule has 0 saturated heterocycles. The maximum atomic E-state index is 5.78. The maximum absolute atomic E-state index is 5.78. The first-order valence-corrected chi connectivity index (χ1v) is 4.70. The Hall–Kier alpha value is -1.70. The first-order valence-electron chi connectivity index (χ1n) is 4.70. The molecule has 2 aromatic heterocycles. The number of rotatable bonds is 0. The third-order valence-corrected chi connectivity index (χ3v) is 2.81. The largest absolute Gasteiger partial charge is 0.454 e. The van der Waals surface area contributed by atoms with Gasteiger partial charge in [-0.05, 0) is 13.0 Å². The Morgan fingerprint density at radius 3 is 2.79 bits per heavy atom. The molecule has 0 spiro atoms. The zero-order chi connectivity index (χ0) is 9.71. The van der Waals surface area contributed by atoms with Crippen LogP contribution in [0.2, 0.25) is 0 Å². The number of aryl methyl sites for hydroxylation is 2. The van der Waals surface area contributed by atoms with E-state index in [-0.39, 0.29) is 0 Å². The smallest absolute Gasteiger partial charge is 0.155 e. The molecule has 0 atom stereocenters. The van der Waals surface area contributed by atoms with Gasteiger partial charge in [-0.25, -0.2) is 0 Å². The molecule has 0 saturated carbocycles. The van der Waals surface area contributed by atoms with Gasteiger partial charge >= 0.3 is 0 Å². The summed E-state index contributed by atoms with van der Waals surface area (Å²) in [7, 11) is 2.04. The topological polar surface area (TPSA) is 18.1 Å². The van der Waals surface area contributed by atoms with Crippen LogP contribution in [0.1, 0.15) is 5.69 Å². The highest BCUT2D eigenvalue weighted by atomic mass is 16.3. The number of nitrogens with zero attached hydrogens (tertiary/aromatic N) is 1. The molecule has 14 heavy (non-hydrogen) atoms. The predicted octanol–water partition coefficient (Wildman–Crippen LogP) is 3.23. The molecule has 0 N–H and O–H groups in total. The fourth-order valence-corrected chi connectivity index (χ4v) is 1.91. The molecule has 0 radical (unpaired) electrons. The van der Waals surface area contributed by atoms with Crippen LogP contribution < -0.4 is 0 Å². The van der Waals surface area contributed by atoms with Gasteiger partial charge in [-0.15, -0.1) is 0 Å². The van der Waals surface area contributed by atoms with Gasteiger partial charge in [0, 0.05) is 24.0 Å². The second kappa shape index (κ2) is 2.41. The molecule has 70 valence electrons. The van der Waals surface area contributed by atoms with Crippen LogP contribution in [0.3, 0.4) is 0 Å². The van der Waals surface area contributed by atoms with E-state index in [1.807, 2.05) is 25.2 Å².